The van der Waals surface area contributed by atoms with Crippen molar-refractivity contribution in [1.29, 1.82) is 0 Å². The molecule has 12 heteroatoms. The van der Waals surface area contributed by atoms with E-state index in [1.165, 1.54) is 19.1 Å². The van der Waals surface area contributed by atoms with Gasteiger partial charge in [0.2, 0.25) is 11.8 Å². The van der Waals surface area contributed by atoms with Crippen LogP contribution in [-0.4, -0.2) is 82.8 Å². The van der Waals surface area contributed by atoms with Crippen LogP contribution in [0.25, 0.3) is 0 Å². The average Bonchev–Trinajstić information content (AvgIpc) is 2.96. The highest BCUT2D eigenvalue weighted by Gasteiger charge is 2.48. The van der Waals surface area contributed by atoms with Crippen molar-refractivity contribution in [3.05, 3.63) is 65.7 Å². The fourth-order valence-electron chi connectivity index (χ4n) is 4.75. The van der Waals surface area contributed by atoms with Crippen LogP contribution in [-0.2, 0) is 36.8 Å². The number of carbonyl (C=O) groups excluding carboxylic acids is 5. The van der Waals surface area contributed by atoms with E-state index in [4.69, 9.17) is 17.2 Å². The second-order valence-electron chi connectivity index (χ2n) is 10.5. The second-order valence-corrected chi connectivity index (χ2v) is 10.5. The molecule has 2 aromatic carbocycles. The van der Waals surface area contributed by atoms with Gasteiger partial charge in [0.05, 0.1) is 31.1 Å². The maximum absolute atomic E-state index is 13.7. The number of quaternary nitrogens is 1. The molecule has 0 radical (unpaired) electrons. The standard InChI is InChI=1S/C30H42N6O6/c1-4-36(27(39)17-34-29(41)20(3)31,19(2)14-26(38)24(32)15-22-10-12-23(37)13-11-22)28(40)18-35-30(42)25(33)16-21-8-6-5-7-9-21/h5-13,19-20,24-25H,4,14-18,31-33H2,1-3H3,(H2-,34,35,37,41,42)/p+1/t19?,20-,24+,25+,36?/m1/s1. The van der Waals surface area contributed by atoms with Gasteiger partial charge >= 0.3 is 11.8 Å². The fourth-order valence-corrected chi connectivity index (χ4v) is 4.75. The van der Waals surface area contributed by atoms with Gasteiger partial charge in [-0.05, 0) is 56.9 Å². The van der Waals surface area contributed by atoms with Gasteiger partial charge in [0.25, 0.3) is 0 Å². The topological polar surface area (TPSA) is 208 Å². The van der Waals surface area contributed by atoms with Crippen LogP contribution in [0.2, 0.25) is 0 Å². The molecule has 0 saturated heterocycles. The number of phenols is 1. The fraction of sp³-hybridized carbons (Fsp3) is 0.433. The molecule has 0 aliphatic carbocycles. The van der Waals surface area contributed by atoms with Crippen LogP contribution in [0.3, 0.4) is 0 Å². The van der Waals surface area contributed by atoms with Crippen LogP contribution in [0, 0.1) is 0 Å². The number of nitrogens with zero attached hydrogens (tertiary/aromatic N) is 1. The molecule has 2 rings (SSSR count). The molecule has 12 nitrogen and oxygen atoms in total. The third-order valence-electron chi connectivity index (χ3n) is 7.32. The van der Waals surface area contributed by atoms with Gasteiger partial charge < -0.3 is 32.9 Å². The van der Waals surface area contributed by atoms with E-state index >= 15 is 0 Å². The minimum atomic E-state index is -0.929. The number of rotatable bonds is 15. The number of Topliss-reactive ketones (excluding diaryl/α,β-unsaturated/α-hetero) is 1. The summed E-state index contributed by atoms with van der Waals surface area (Å²) in [5.74, 6) is -2.76. The number of aromatic hydroxyl groups is 1. The summed E-state index contributed by atoms with van der Waals surface area (Å²) in [6, 6.07) is 11.8. The van der Waals surface area contributed by atoms with E-state index in [9.17, 15) is 29.1 Å². The third kappa shape index (κ3) is 9.28. The lowest BCUT2D eigenvalue weighted by Crippen LogP contribution is -2.67. The van der Waals surface area contributed by atoms with Gasteiger partial charge in [-0.2, -0.15) is 4.48 Å². The number of phenolic OH excluding ortho intramolecular Hbond substituents is 1. The molecule has 9 N–H and O–H groups in total. The summed E-state index contributed by atoms with van der Waals surface area (Å²) in [6.07, 6.45) is 0.230. The van der Waals surface area contributed by atoms with E-state index in [-0.39, 0.29) is 37.3 Å². The minimum Gasteiger partial charge on any atom is -0.508 e. The van der Waals surface area contributed by atoms with Gasteiger partial charge in [0, 0.05) is 0 Å². The first-order valence-corrected chi connectivity index (χ1v) is 13.9. The lowest BCUT2D eigenvalue weighted by Gasteiger charge is -2.38. The predicted octanol–water partition coefficient (Wildman–Crippen LogP) is -0.351. The molecular formula is C30H43N6O6+. The highest BCUT2D eigenvalue weighted by atomic mass is 16.3. The number of hydrogen-bond donors (Lipinski definition) is 6. The Kier molecular flexibility index (Phi) is 12.9. The summed E-state index contributed by atoms with van der Waals surface area (Å²) in [5.41, 5.74) is 19.4. The quantitative estimate of drug-likeness (QED) is 0.151. The molecule has 0 aliphatic rings. The van der Waals surface area contributed by atoms with E-state index in [1.54, 1.807) is 26.0 Å². The van der Waals surface area contributed by atoms with E-state index < -0.39 is 65.4 Å². The summed E-state index contributed by atoms with van der Waals surface area (Å²) < 4.78 is -0.814. The molecular weight excluding hydrogens is 540 g/mol. The first-order chi connectivity index (χ1) is 19.8. The van der Waals surface area contributed by atoms with Crippen molar-refractivity contribution >= 4 is 29.4 Å². The Morgan fingerprint density at radius 2 is 1.26 bits per heavy atom. The number of carbonyl (C=O) groups is 5. The van der Waals surface area contributed by atoms with Crippen molar-refractivity contribution in [2.45, 2.75) is 64.2 Å². The van der Waals surface area contributed by atoms with Gasteiger partial charge in [-0.3, -0.25) is 14.4 Å². The highest BCUT2D eigenvalue weighted by molar-refractivity contribution is 5.93. The van der Waals surface area contributed by atoms with Crippen LogP contribution < -0.4 is 27.8 Å². The normalized spacial score (nSPS) is 15.4. The molecule has 0 aliphatic heterocycles. The molecule has 0 fully saturated rings. The molecule has 42 heavy (non-hydrogen) atoms. The Hall–Kier alpha value is -3.97. The van der Waals surface area contributed by atoms with Crippen LogP contribution in [0.4, 0.5) is 0 Å². The maximum Gasteiger partial charge on any atom is 0.340 e. The number of amides is 4. The Bertz CT molecular complexity index is 1240. The van der Waals surface area contributed by atoms with Crippen molar-refractivity contribution in [2.75, 3.05) is 19.6 Å². The average molecular weight is 584 g/mol. The molecule has 0 saturated carbocycles. The molecule has 228 valence electrons. The molecule has 0 bridgehead atoms. The Labute approximate surface area is 246 Å². The zero-order chi connectivity index (χ0) is 31.4. The Balaban J connectivity index is 2.21. The molecule has 4 amide bonds. The van der Waals surface area contributed by atoms with Crippen molar-refractivity contribution in [3.8, 4) is 5.75 Å². The Morgan fingerprint density at radius 1 is 0.762 bits per heavy atom. The van der Waals surface area contributed by atoms with Crippen molar-refractivity contribution in [3.63, 3.8) is 0 Å². The highest BCUT2D eigenvalue weighted by Crippen LogP contribution is 2.20. The summed E-state index contributed by atoms with van der Waals surface area (Å²) >= 11 is 0. The lowest BCUT2D eigenvalue weighted by atomic mass is 9.97. The number of imide groups is 1. The van der Waals surface area contributed by atoms with Gasteiger partial charge in [0.15, 0.2) is 5.78 Å². The molecule has 0 aromatic heterocycles. The maximum atomic E-state index is 13.7. The number of nitrogens with two attached hydrogens (primary N) is 3. The lowest BCUT2D eigenvalue weighted by molar-refractivity contribution is -0.800. The van der Waals surface area contributed by atoms with Gasteiger partial charge in [-0.1, -0.05) is 42.5 Å². The van der Waals surface area contributed by atoms with E-state index in [1.807, 2.05) is 30.3 Å². The Morgan fingerprint density at radius 3 is 1.79 bits per heavy atom. The predicted molar refractivity (Wildman–Crippen MR) is 157 cm³/mol. The summed E-state index contributed by atoms with van der Waals surface area (Å²) in [5, 5.41) is 14.5. The largest absolute Gasteiger partial charge is 0.508 e. The number of nitrogens with one attached hydrogen (secondary N) is 2. The van der Waals surface area contributed by atoms with Gasteiger partial charge in [-0.25, -0.2) is 9.59 Å². The van der Waals surface area contributed by atoms with Crippen LogP contribution in [0.15, 0.2) is 54.6 Å². The zero-order valence-electron chi connectivity index (χ0n) is 24.4. The number of ketones is 1. The molecule has 2 unspecified atom stereocenters. The SMILES string of the molecule is CC[N+](C(=O)CNC(=O)[C@@H](C)N)(C(=O)CNC(=O)[C@@H](N)Cc1ccccc1)C(C)CC(=O)[C@@H](N)Cc1ccc(O)cc1. The first-order valence-electron chi connectivity index (χ1n) is 13.9. The summed E-state index contributed by atoms with van der Waals surface area (Å²) in [6.45, 7) is 3.60. The minimum absolute atomic E-state index is 0.0424. The molecule has 0 spiro atoms. The van der Waals surface area contributed by atoms with E-state index in [0.29, 0.717) is 0 Å². The monoisotopic (exact) mass is 583 g/mol. The molecule has 5 atom stereocenters. The number of benzene rings is 2. The smallest absolute Gasteiger partial charge is 0.340 e. The van der Waals surface area contributed by atoms with E-state index in [2.05, 4.69) is 10.6 Å². The summed E-state index contributed by atoms with van der Waals surface area (Å²) in [4.78, 5) is 65.2. The third-order valence-corrected chi connectivity index (χ3v) is 7.32. The van der Waals surface area contributed by atoms with Crippen LogP contribution >= 0.6 is 0 Å². The number of hydrogen-bond acceptors (Lipinski definition) is 9. The van der Waals surface area contributed by atoms with E-state index in [0.717, 1.165) is 11.1 Å². The van der Waals surface area contributed by atoms with Crippen LogP contribution in [0.1, 0.15) is 38.3 Å². The van der Waals surface area contributed by atoms with Crippen molar-refractivity contribution < 1.29 is 33.6 Å². The van der Waals surface area contributed by atoms with Crippen molar-refractivity contribution in [1.82, 2.24) is 10.6 Å². The number of likely N-dealkylation sites (N-methyl/N-ethyl adjacent to an activating group) is 1. The summed E-state index contributed by atoms with van der Waals surface area (Å²) in [7, 11) is 0. The van der Waals surface area contributed by atoms with Gasteiger partial charge in [0.1, 0.15) is 24.9 Å². The van der Waals surface area contributed by atoms with Crippen LogP contribution in [0.5, 0.6) is 5.75 Å². The van der Waals surface area contributed by atoms with Crippen molar-refractivity contribution in [2.24, 2.45) is 17.2 Å². The van der Waals surface area contributed by atoms with Gasteiger partial charge in [-0.15, -0.1) is 0 Å². The molecule has 0 heterocycles. The second kappa shape index (κ2) is 15.9. The zero-order valence-corrected chi connectivity index (χ0v) is 24.4. The first kappa shape index (κ1) is 34.2. The molecule has 2 aromatic rings.